The Morgan fingerprint density at radius 3 is 1.26 bits per heavy atom. The Kier molecular flexibility index (Phi) is 8.78. The van der Waals surface area contributed by atoms with Crippen molar-refractivity contribution >= 4 is 43.6 Å². The molecule has 296 valence electrons. The van der Waals surface area contributed by atoms with Gasteiger partial charge in [0.1, 0.15) is 0 Å². The summed E-state index contributed by atoms with van der Waals surface area (Å²) in [6.45, 7) is 10.1. The lowest BCUT2D eigenvalue weighted by molar-refractivity contribution is -0.137. The number of aromatic nitrogens is 2. The zero-order chi connectivity index (χ0) is 42.3. The summed E-state index contributed by atoms with van der Waals surface area (Å²) < 4.78 is 48.8. The number of halogens is 3. The van der Waals surface area contributed by atoms with Crippen LogP contribution in [0.2, 0.25) is 0 Å². The Morgan fingerprint density at radius 1 is 0.410 bits per heavy atom. The third-order valence-corrected chi connectivity index (χ3v) is 11.9. The maximum atomic E-state index is 14.8. The lowest BCUT2D eigenvalue weighted by Crippen LogP contribution is -2.08. The first kappa shape index (κ1) is 37.9. The number of benzene rings is 8. The summed E-state index contributed by atoms with van der Waals surface area (Å²) in [4.78, 5) is 0. The highest BCUT2D eigenvalue weighted by Gasteiger charge is 2.32. The number of rotatable bonds is 5. The average molecular weight is 800 g/mol. The Labute approximate surface area is 352 Å². The molecule has 0 atom stereocenters. The van der Waals surface area contributed by atoms with Crippen molar-refractivity contribution in [2.75, 3.05) is 0 Å². The van der Waals surface area contributed by atoms with E-state index in [1.165, 1.54) is 12.1 Å². The highest BCUT2D eigenvalue weighted by molar-refractivity contribution is 6.13. The molecule has 0 aliphatic rings. The van der Waals surface area contributed by atoms with Crippen LogP contribution in [0.3, 0.4) is 0 Å². The van der Waals surface area contributed by atoms with Crippen molar-refractivity contribution in [3.05, 3.63) is 191 Å². The number of hydrogen-bond acceptors (Lipinski definition) is 1. The van der Waals surface area contributed by atoms with E-state index in [2.05, 4.69) is 128 Å². The zero-order valence-electron chi connectivity index (χ0n) is 34.4. The first-order chi connectivity index (χ1) is 29.3. The van der Waals surface area contributed by atoms with Crippen molar-refractivity contribution in [1.29, 1.82) is 5.26 Å². The van der Waals surface area contributed by atoms with E-state index in [-0.39, 0.29) is 0 Å². The highest BCUT2D eigenvalue weighted by atomic mass is 19.4. The summed E-state index contributed by atoms with van der Waals surface area (Å²) in [5.41, 5.74) is 14.6. The Balaban J connectivity index is 1.38. The van der Waals surface area contributed by atoms with Gasteiger partial charge < -0.3 is 9.13 Å². The van der Waals surface area contributed by atoms with E-state index in [1.54, 1.807) is 6.92 Å². The van der Waals surface area contributed by atoms with Gasteiger partial charge in [0.05, 0.1) is 50.6 Å². The van der Waals surface area contributed by atoms with Gasteiger partial charge in [0, 0.05) is 27.1 Å². The van der Waals surface area contributed by atoms with E-state index in [0.29, 0.717) is 33.6 Å². The van der Waals surface area contributed by atoms with Gasteiger partial charge in [-0.2, -0.15) is 18.4 Å². The van der Waals surface area contributed by atoms with Crippen molar-refractivity contribution in [3.8, 4) is 50.8 Å². The van der Waals surface area contributed by atoms with Crippen molar-refractivity contribution in [3.63, 3.8) is 0 Å². The summed E-state index contributed by atoms with van der Waals surface area (Å²) in [6, 6.07) is 52.4. The lowest BCUT2D eigenvalue weighted by Gasteiger charge is -2.22. The monoisotopic (exact) mass is 799 g/mol. The van der Waals surface area contributed by atoms with Crippen LogP contribution < -0.4 is 0 Å². The first-order valence-corrected chi connectivity index (χ1v) is 20.4. The molecule has 0 amide bonds. The van der Waals surface area contributed by atoms with Crippen molar-refractivity contribution in [1.82, 2.24) is 9.13 Å². The molecular weight excluding hydrogens is 760 g/mol. The van der Waals surface area contributed by atoms with Crippen LogP contribution >= 0.6 is 0 Å². The lowest BCUT2D eigenvalue weighted by atomic mass is 9.94. The van der Waals surface area contributed by atoms with E-state index in [4.69, 9.17) is 0 Å². The fraction of sp³-hybridized carbons (Fsp3) is 0.109. The van der Waals surface area contributed by atoms with Crippen molar-refractivity contribution in [2.45, 2.75) is 40.8 Å². The minimum absolute atomic E-state index is 0.380. The molecule has 10 aromatic rings. The van der Waals surface area contributed by atoms with Gasteiger partial charge in [-0.3, -0.25) is 0 Å². The second-order valence-electron chi connectivity index (χ2n) is 16.5. The number of nitrogens with zero attached hydrogens (tertiary/aromatic N) is 3. The maximum absolute atomic E-state index is 14.8. The van der Waals surface area contributed by atoms with Crippen LogP contribution in [0.25, 0.3) is 88.4 Å². The molecule has 10 rings (SSSR count). The molecule has 61 heavy (non-hydrogen) atoms. The van der Waals surface area contributed by atoms with Gasteiger partial charge in [-0.1, -0.05) is 125 Å². The number of fused-ring (bicyclic) bond motifs is 6. The first-order valence-electron chi connectivity index (χ1n) is 20.4. The summed E-state index contributed by atoms with van der Waals surface area (Å²) in [5, 5.41) is 14.8. The molecule has 8 aromatic carbocycles. The molecule has 3 nitrogen and oxygen atoms in total. The molecule has 0 aliphatic heterocycles. The maximum Gasteiger partial charge on any atom is 0.416 e. The quantitative estimate of drug-likeness (QED) is 0.171. The standard InChI is InChI=1S/C55H40F3N3/c1-32-18-33(2)21-40(20-32)38-14-16-46-44-10-6-8-12-48(44)60(50(46)29-38)52-26-37(31-59)27-53(54(52)42-24-36(5)25-43(28-42)55(56,57)58)61-49-13-9-7-11-45(49)47-17-15-39(30-51(47)61)41-22-34(3)19-35(4)23-41/h6-30H,1-5H3. The molecule has 6 heteroatoms. The summed E-state index contributed by atoms with van der Waals surface area (Å²) in [7, 11) is 0. The fourth-order valence-electron chi connectivity index (χ4n) is 9.52. The topological polar surface area (TPSA) is 33.6 Å². The van der Waals surface area contributed by atoms with Gasteiger partial charge in [0.25, 0.3) is 0 Å². The normalized spacial score (nSPS) is 11.9. The third-order valence-electron chi connectivity index (χ3n) is 11.9. The van der Waals surface area contributed by atoms with E-state index < -0.39 is 11.7 Å². The zero-order valence-corrected chi connectivity index (χ0v) is 34.4. The fourth-order valence-corrected chi connectivity index (χ4v) is 9.52. The van der Waals surface area contributed by atoms with Gasteiger partial charge >= 0.3 is 6.18 Å². The van der Waals surface area contributed by atoms with Crippen LogP contribution in [0.4, 0.5) is 13.2 Å². The molecule has 0 saturated carbocycles. The SMILES string of the molecule is Cc1cc(C)cc(-c2ccc3c4ccccc4n(-c4cc(C#N)cc(-n5c6ccccc6c6ccc(-c7cc(C)cc(C)c7)cc65)c4-c4cc(C)cc(C(F)(F)F)c4)c3c2)c1. The van der Waals surface area contributed by atoms with Gasteiger partial charge in [0.2, 0.25) is 0 Å². The van der Waals surface area contributed by atoms with Crippen LogP contribution in [-0.4, -0.2) is 9.13 Å². The molecule has 0 bridgehead atoms. The number of hydrogen-bond donors (Lipinski definition) is 0. The Bertz CT molecular complexity index is 3250. The van der Waals surface area contributed by atoms with E-state index >= 15 is 0 Å². The van der Waals surface area contributed by atoms with Crippen LogP contribution in [0, 0.1) is 45.9 Å². The van der Waals surface area contributed by atoms with Crippen LogP contribution in [0.15, 0.2) is 152 Å². The summed E-state index contributed by atoms with van der Waals surface area (Å²) >= 11 is 0. The molecule has 0 N–H and O–H groups in total. The minimum Gasteiger partial charge on any atom is -0.308 e. The van der Waals surface area contributed by atoms with Crippen molar-refractivity contribution in [2.24, 2.45) is 0 Å². The molecule has 0 fully saturated rings. The number of para-hydroxylation sites is 2. The number of aryl methyl sites for hydroxylation is 5. The molecule has 0 spiro atoms. The average Bonchev–Trinajstić information content (AvgIpc) is 3.74. The molecular formula is C55H40F3N3. The molecule has 2 aromatic heterocycles. The van der Waals surface area contributed by atoms with Crippen LogP contribution in [-0.2, 0) is 6.18 Å². The highest BCUT2D eigenvalue weighted by Crippen LogP contribution is 2.45. The van der Waals surface area contributed by atoms with Crippen molar-refractivity contribution < 1.29 is 13.2 Å². The molecule has 0 aliphatic carbocycles. The molecule has 0 saturated heterocycles. The summed E-state index contributed by atoms with van der Waals surface area (Å²) in [5.74, 6) is 0. The minimum atomic E-state index is -4.59. The van der Waals surface area contributed by atoms with E-state index in [9.17, 15) is 18.4 Å². The number of alkyl halides is 3. The van der Waals surface area contributed by atoms with Gasteiger partial charge in [-0.25, -0.2) is 0 Å². The van der Waals surface area contributed by atoms with Gasteiger partial charge in [0.15, 0.2) is 0 Å². The second-order valence-corrected chi connectivity index (χ2v) is 16.5. The van der Waals surface area contributed by atoms with E-state index in [0.717, 1.165) is 88.1 Å². The smallest absolute Gasteiger partial charge is 0.308 e. The molecule has 2 heterocycles. The van der Waals surface area contributed by atoms with Crippen LogP contribution in [0.1, 0.15) is 38.9 Å². The second kappa shape index (κ2) is 14.1. The third kappa shape index (κ3) is 6.45. The molecule has 0 unspecified atom stereocenters. The van der Waals surface area contributed by atoms with E-state index in [1.807, 2.05) is 54.6 Å². The number of nitriles is 1. The van der Waals surface area contributed by atoms with Gasteiger partial charge in [-0.05, 0) is 117 Å². The summed E-state index contributed by atoms with van der Waals surface area (Å²) in [6.07, 6.45) is -4.59. The predicted octanol–water partition coefficient (Wildman–Crippen LogP) is 15.3. The largest absolute Gasteiger partial charge is 0.416 e. The Hall–Kier alpha value is -7.36. The predicted molar refractivity (Wildman–Crippen MR) is 245 cm³/mol. The molecule has 0 radical (unpaired) electrons. The van der Waals surface area contributed by atoms with Crippen LogP contribution in [0.5, 0.6) is 0 Å². The van der Waals surface area contributed by atoms with Gasteiger partial charge in [-0.15, -0.1) is 0 Å². The Morgan fingerprint density at radius 2 is 0.820 bits per heavy atom.